The van der Waals surface area contributed by atoms with Crippen molar-refractivity contribution in [1.82, 2.24) is 5.32 Å². The highest BCUT2D eigenvalue weighted by Gasteiger charge is 2.33. The van der Waals surface area contributed by atoms with Gasteiger partial charge in [0.15, 0.2) is 11.6 Å². The van der Waals surface area contributed by atoms with E-state index in [1.54, 1.807) is 25.1 Å². The largest absolute Gasteiger partial charge is 0.491 e. The van der Waals surface area contributed by atoms with Crippen LogP contribution in [0.1, 0.15) is 33.6 Å². The molecule has 0 spiro atoms. The third-order valence-corrected chi connectivity index (χ3v) is 3.21. The molecule has 1 aromatic carbocycles. The molecule has 0 amide bonds. The molecule has 0 aliphatic carbocycles. The fourth-order valence-corrected chi connectivity index (χ4v) is 2.11. The molecule has 0 saturated carbocycles. The fraction of sp³-hybridized carbons (Fsp3) is 0.562. The molecule has 0 aliphatic heterocycles. The standard InChI is InChI=1S/C16H24FNO3/c1-4-18-16(3,15(19)20-5-2)11-8-12-21-14-10-7-6-9-13(14)17/h6-7,9-10,18H,4-5,8,11-12H2,1-3H3. The van der Waals surface area contributed by atoms with Gasteiger partial charge in [-0.25, -0.2) is 4.39 Å². The normalized spacial score (nSPS) is 13.5. The van der Waals surface area contributed by atoms with Gasteiger partial charge in [0.25, 0.3) is 0 Å². The molecule has 0 fully saturated rings. The molecule has 1 unspecified atom stereocenters. The lowest BCUT2D eigenvalue weighted by Crippen LogP contribution is -2.50. The summed E-state index contributed by atoms with van der Waals surface area (Å²) in [5.74, 6) is -0.408. The first-order chi connectivity index (χ1) is 10.0. The Labute approximate surface area is 125 Å². The monoisotopic (exact) mass is 297 g/mol. The van der Waals surface area contributed by atoms with E-state index >= 15 is 0 Å². The molecule has 1 atom stereocenters. The van der Waals surface area contributed by atoms with Gasteiger partial charge in [0, 0.05) is 0 Å². The van der Waals surface area contributed by atoms with Crippen LogP contribution in [0.25, 0.3) is 0 Å². The zero-order valence-electron chi connectivity index (χ0n) is 12.9. The summed E-state index contributed by atoms with van der Waals surface area (Å²) >= 11 is 0. The van der Waals surface area contributed by atoms with Crippen LogP contribution in [-0.4, -0.2) is 31.3 Å². The van der Waals surface area contributed by atoms with E-state index < -0.39 is 5.54 Å². The van der Waals surface area contributed by atoms with Crippen LogP contribution in [0.4, 0.5) is 4.39 Å². The minimum absolute atomic E-state index is 0.235. The number of hydrogen-bond donors (Lipinski definition) is 1. The van der Waals surface area contributed by atoms with E-state index in [0.717, 1.165) is 0 Å². The predicted octanol–water partition coefficient (Wildman–Crippen LogP) is 2.92. The highest BCUT2D eigenvalue weighted by molar-refractivity contribution is 5.80. The lowest BCUT2D eigenvalue weighted by atomic mass is 9.96. The highest BCUT2D eigenvalue weighted by atomic mass is 19.1. The van der Waals surface area contributed by atoms with Gasteiger partial charge in [-0.15, -0.1) is 0 Å². The summed E-state index contributed by atoms with van der Waals surface area (Å²) in [7, 11) is 0. The molecule has 0 saturated heterocycles. The predicted molar refractivity (Wildman–Crippen MR) is 79.8 cm³/mol. The van der Waals surface area contributed by atoms with E-state index in [2.05, 4.69) is 5.32 Å². The molecular formula is C16H24FNO3. The lowest BCUT2D eigenvalue weighted by molar-refractivity contribution is -0.150. The molecule has 118 valence electrons. The van der Waals surface area contributed by atoms with Crippen molar-refractivity contribution < 1.29 is 18.7 Å². The molecule has 1 N–H and O–H groups in total. The first-order valence-electron chi connectivity index (χ1n) is 7.33. The van der Waals surface area contributed by atoms with Crippen molar-refractivity contribution in [3.63, 3.8) is 0 Å². The average molecular weight is 297 g/mol. The number of carbonyl (C=O) groups is 1. The highest BCUT2D eigenvalue weighted by Crippen LogP contribution is 2.18. The molecule has 0 aliphatic rings. The number of nitrogens with one attached hydrogen (secondary N) is 1. The fourth-order valence-electron chi connectivity index (χ4n) is 2.11. The zero-order valence-corrected chi connectivity index (χ0v) is 12.9. The molecule has 5 heteroatoms. The third-order valence-electron chi connectivity index (χ3n) is 3.21. The number of esters is 1. The molecule has 0 radical (unpaired) electrons. The van der Waals surface area contributed by atoms with E-state index in [4.69, 9.17) is 9.47 Å². The van der Waals surface area contributed by atoms with Gasteiger partial charge in [0.05, 0.1) is 13.2 Å². The van der Waals surface area contributed by atoms with E-state index in [-0.39, 0.29) is 17.5 Å². The third kappa shape index (κ3) is 5.34. The number of para-hydroxylation sites is 1. The van der Waals surface area contributed by atoms with Crippen LogP contribution in [0.2, 0.25) is 0 Å². The van der Waals surface area contributed by atoms with E-state index in [1.165, 1.54) is 6.07 Å². The van der Waals surface area contributed by atoms with Crippen molar-refractivity contribution >= 4 is 5.97 Å². The van der Waals surface area contributed by atoms with Crippen molar-refractivity contribution in [2.45, 2.75) is 39.2 Å². The van der Waals surface area contributed by atoms with Gasteiger partial charge in [-0.3, -0.25) is 4.79 Å². The molecule has 0 heterocycles. The summed E-state index contributed by atoms with van der Waals surface area (Å²) in [4.78, 5) is 12.0. The maximum Gasteiger partial charge on any atom is 0.326 e. The Bertz CT molecular complexity index is 453. The molecule has 4 nitrogen and oxygen atoms in total. The van der Waals surface area contributed by atoms with Gasteiger partial charge >= 0.3 is 5.97 Å². The second-order valence-electron chi connectivity index (χ2n) is 4.97. The van der Waals surface area contributed by atoms with Gasteiger partial charge in [-0.1, -0.05) is 19.1 Å². The van der Waals surface area contributed by atoms with Crippen LogP contribution in [0.15, 0.2) is 24.3 Å². The summed E-state index contributed by atoms with van der Waals surface area (Å²) in [5.41, 5.74) is -0.733. The minimum atomic E-state index is -0.733. The smallest absolute Gasteiger partial charge is 0.326 e. The maximum absolute atomic E-state index is 13.4. The second-order valence-corrected chi connectivity index (χ2v) is 4.97. The number of carbonyl (C=O) groups excluding carboxylic acids is 1. The summed E-state index contributed by atoms with van der Waals surface area (Å²) in [6, 6.07) is 6.28. The molecule has 0 bridgehead atoms. The maximum atomic E-state index is 13.4. The van der Waals surface area contributed by atoms with Gasteiger partial charge in [-0.2, -0.15) is 0 Å². The Morgan fingerprint density at radius 1 is 1.33 bits per heavy atom. The van der Waals surface area contributed by atoms with Crippen molar-refractivity contribution in [3.05, 3.63) is 30.1 Å². The average Bonchev–Trinajstić information content (AvgIpc) is 2.46. The second kappa shape index (κ2) is 8.62. The summed E-state index contributed by atoms with van der Waals surface area (Å²) in [5, 5.41) is 3.15. The Balaban J connectivity index is 2.47. The number of benzene rings is 1. The lowest BCUT2D eigenvalue weighted by Gasteiger charge is -2.28. The van der Waals surface area contributed by atoms with Crippen molar-refractivity contribution in [1.29, 1.82) is 0 Å². The molecule has 0 aromatic heterocycles. The van der Waals surface area contributed by atoms with Crippen LogP contribution in [0.5, 0.6) is 5.75 Å². The van der Waals surface area contributed by atoms with Crippen molar-refractivity contribution in [2.24, 2.45) is 0 Å². The van der Waals surface area contributed by atoms with Gasteiger partial charge in [-0.05, 0) is 45.4 Å². The number of hydrogen-bond acceptors (Lipinski definition) is 4. The molecule has 1 rings (SSSR count). The Morgan fingerprint density at radius 3 is 2.67 bits per heavy atom. The molecule has 1 aromatic rings. The topological polar surface area (TPSA) is 47.6 Å². The van der Waals surface area contributed by atoms with Crippen LogP contribution < -0.4 is 10.1 Å². The van der Waals surface area contributed by atoms with Crippen LogP contribution in [0.3, 0.4) is 0 Å². The Hall–Kier alpha value is -1.62. The summed E-state index contributed by atoms with van der Waals surface area (Å²) in [6.07, 6.45) is 1.19. The Morgan fingerprint density at radius 2 is 2.05 bits per heavy atom. The SMILES string of the molecule is CCNC(C)(CCCOc1ccccc1F)C(=O)OCC. The Kier molecular flexibility index (Phi) is 7.15. The summed E-state index contributed by atoms with van der Waals surface area (Å²) in [6.45, 7) is 6.91. The summed E-state index contributed by atoms with van der Waals surface area (Å²) < 4.78 is 23.9. The van der Waals surface area contributed by atoms with Crippen LogP contribution in [0, 0.1) is 5.82 Å². The first-order valence-corrected chi connectivity index (χ1v) is 7.33. The number of rotatable bonds is 9. The number of likely N-dealkylation sites (N-methyl/N-ethyl adjacent to an activating group) is 1. The van der Waals surface area contributed by atoms with E-state index in [0.29, 0.717) is 32.6 Å². The number of ether oxygens (including phenoxy) is 2. The van der Waals surface area contributed by atoms with Gasteiger partial charge in [0.1, 0.15) is 5.54 Å². The van der Waals surface area contributed by atoms with E-state index in [1.807, 2.05) is 13.8 Å². The molecule has 21 heavy (non-hydrogen) atoms. The first kappa shape index (κ1) is 17.4. The van der Waals surface area contributed by atoms with Gasteiger partial charge < -0.3 is 14.8 Å². The van der Waals surface area contributed by atoms with Gasteiger partial charge in [0.2, 0.25) is 0 Å². The van der Waals surface area contributed by atoms with Crippen LogP contribution in [-0.2, 0) is 9.53 Å². The zero-order chi connectivity index (χ0) is 15.7. The molecular weight excluding hydrogens is 273 g/mol. The minimum Gasteiger partial charge on any atom is -0.491 e. The van der Waals surface area contributed by atoms with Crippen molar-refractivity contribution in [3.8, 4) is 5.75 Å². The van der Waals surface area contributed by atoms with Crippen LogP contribution >= 0.6 is 0 Å². The quantitative estimate of drug-likeness (QED) is 0.562. The number of halogens is 1. The van der Waals surface area contributed by atoms with E-state index in [9.17, 15) is 9.18 Å². The van der Waals surface area contributed by atoms with Crippen molar-refractivity contribution in [2.75, 3.05) is 19.8 Å².